The van der Waals surface area contributed by atoms with E-state index in [1.54, 1.807) is 6.08 Å². The largest absolute Gasteiger partial charge is 0.387 e. The van der Waals surface area contributed by atoms with Crippen LogP contribution in [0.5, 0.6) is 0 Å². The molecule has 0 fully saturated rings. The first-order valence-electron chi connectivity index (χ1n) is 4.54. The minimum Gasteiger partial charge on any atom is -0.387 e. The molecule has 1 unspecified atom stereocenters. The molecule has 1 amide bonds. The quantitative estimate of drug-likeness (QED) is 0.444. The molecule has 0 saturated heterocycles. The van der Waals surface area contributed by atoms with Gasteiger partial charge in [-0.3, -0.25) is 4.79 Å². The molecule has 1 rings (SSSR count). The Morgan fingerprint density at radius 1 is 1.54 bits per heavy atom. The fraction of sp³-hybridized carbons (Fsp3) is 0.667. The topological polar surface area (TPSA) is 49.3 Å². The Morgan fingerprint density at radius 2 is 2.31 bits per heavy atom. The summed E-state index contributed by atoms with van der Waals surface area (Å²) in [6.07, 6.45) is 7.10. The van der Waals surface area contributed by atoms with Gasteiger partial charge >= 0.3 is 0 Å². The van der Waals surface area contributed by atoms with Crippen LogP contribution in [0.15, 0.2) is 12.2 Å². The number of thiol groups is 1. The Labute approximate surface area is 83.6 Å². The Bertz CT molecular complexity index is 206. The van der Waals surface area contributed by atoms with Crippen molar-refractivity contribution in [1.82, 2.24) is 5.32 Å². The molecule has 3 nitrogen and oxygen atoms in total. The lowest BCUT2D eigenvalue weighted by atomic mass is 9.99. The molecule has 4 heteroatoms. The van der Waals surface area contributed by atoms with Crippen molar-refractivity contribution in [3.8, 4) is 0 Å². The number of carbonyl (C=O) groups is 1. The van der Waals surface area contributed by atoms with Gasteiger partial charge in [0.05, 0.1) is 12.1 Å². The van der Waals surface area contributed by atoms with Crippen LogP contribution in [0.4, 0.5) is 4.79 Å². The Balaban J connectivity index is 2.52. The zero-order valence-corrected chi connectivity index (χ0v) is 8.33. The third kappa shape index (κ3) is 3.83. The van der Waals surface area contributed by atoms with Gasteiger partial charge in [-0.15, -0.1) is 0 Å². The van der Waals surface area contributed by atoms with E-state index in [-0.39, 0.29) is 11.3 Å². The zero-order valence-electron chi connectivity index (χ0n) is 7.44. The van der Waals surface area contributed by atoms with Gasteiger partial charge < -0.3 is 10.4 Å². The molecule has 2 N–H and O–H groups in total. The molecule has 0 aromatic heterocycles. The maximum Gasteiger partial charge on any atom is 0.276 e. The van der Waals surface area contributed by atoms with Crippen LogP contribution in [0, 0.1) is 0 Å². The van der Waals surface area contributed by atoms with Crippen molar-refractivity contribution in [3.63, 3.8) is 0 Å². The summed E-state index contributed by atoms with van der Waals surface area (Å²) in [5.74, 6) is 0. The van der Waals surface area contributed by atoms with Gasteiger partial charge in [-0.1, -0.05) is 31.2 Å². The number of amides is 1. The van der Waals surface area contributed by atoms with Crippen LogP contribution < -0.4 is 5.32 Å². The molecule has 13 heavy (non-hydrogen) atoms. The predicted molar refractivity (Wildman–Crippen MR) is 54.9 cm³/mol. The molecule has 0 bridgehead atoms. The molecule has 1 aliphatic rings. The van der Waals surface area contributed by atoms with Gasteiger partial charge in [0.2, 0.25) is 0 Å². The van der Waals surface area contributed by atoms with Crippen LogP contribution in [0.3, 0.4) is 0 Å². The lowest BCUT2D eigenvalue weighted by Crippen LogP contribution is -2.40. The van der Waals surface area contributed by atoms with E-state index in [4.69, 9.17) is 0 Å². The highest BCUT2D eigenvalue weighted by atomic mass is 32.1. The average Bonchev–Trinajstić information content (AvgIpc) is 2.04. The number of nitrogens with one attached hydrogen (secondary N) is 1. The number of allylic oxidation sites excluding steroid dienone is 1. The normalized spacial score (nSPS) is 31.5. The average molecular weight is 201 g/mol. The summed E-state index contributed by atoms with van der Waals surface area (Å²) in [6.45, 7) is 0. The van der Waals surface area contributed by atoms with Crippen molar-refractivity contribution in [2.24, 2.45) is 0 Å². The molecule has 0 radical (unpaired) electrons. The minimum absolute atomic E-state index is 0.179. The van der Waals surface area contributed by atoms with E-state index < -0.39 is 6.10 Å². The summed E-state index contributed by atoms with van der Waals surface area (Å²) in [5, 5.41) is 11.8. The maximum atomic E-state index is 10.7. The van der Waals surface area contributed by atoms with E-state index in [0.717, 1.165) is 25.7 Å². The standard InChI is InChI=1S/C9H15NO2S/c11-8-6-4-2-1-3-5-7(8)10-9(12)13/h4,6-8,11H,1-3,5H2,(H2,10,12,13)/b6-4+/t7-,8?/m1/s1. The molecule has 0 aliphatic heterocycles. The van der Waals surface area contributed by atoms with E-state index >= 15 is 0 Å². The van der Waals surface area contributed by atoms with Crippen LogP contribution in [0.25, 0.3) is 0 Å². The van der Waals surface area contributed by atoms with Crippen molar-refractivity contribution in [2.45, 2.75) is 37.8 Å². The van der Waals surface area contributed by atoms with Crippen LogP contribution in [0.1, 0.15) is 25.7 Å². The second kappa shape index (κ2) is 5.29. The number of carbonyl (C=O) groups excluding carboxylic acids is 1. The highest BCUT2D eigenvalue weighted by Crippen LogP contribution is 2.12. The summed E-state index contributed by atoms with van der Waals surface area (Å²) >= 11 is 3.63. The number of rotatable bonds is 1. The fourth-order valence-electron chi connectivity index (χ4n) is 1.48. The van der Waals surface area contributed by atoms with Crippen molar-refractivity contribution in [2.75, 3.05) is 0 Å². The first-order chi connectivity index (χ1) is 6.20. The van der Waals surface area contributed by atoms with Gasteiger partial charge in [-0.2, -0.15) is 0 Å². The molecule has 2 atom stereocenters. The highest BCUT2D eigenvalue weighted by Gasteiger charge is 2.18. The Kier molecular flexibility index (Phi) is 4.32. The van der Waals surface area contributed by atoms with E-state index in [9.17, 15) is 9.90 Å². The number of aliphatic hydroxyl groups excluding tert-OH is 1. The maximum absolute atomic E-state index is 10.7. The summed E-state index contributed by atoms with van der Waals surface area (Å²) in [6, 6.07) is -0.179. The second-order valence-corrected chi connectivity index (χ2v) is 3.67. The van der Waals surface area contributed by atoms with Gasteiger partial charge in [-0.05, 0) is 19.3 Å². The van der Waals surface area contributed by atoms with Gasteiger partial charge in [0.1, 0.15) is 0 Å². The van der Waals surface area contributed by atoms with Crippen molar-refractivity contribution in [1.29, 1.82) is 0 Å². The third-order valence-electron chi connectivity index (χ3n) is 2.19. The number of hydrogen-bond donors (Lipinski definition) is 3. The smallest absolute Gasteiger partial charge is 0.276 e. The number of aliphatic hydroxyl groups is 1. The molecular formula is C9H15NO2S. The van der Waals surface area contributed by atoms with E-state index in [0.29, 0.717) is 0 Å². The van der Waals surface area contributed by atoms with Crippen LogP contribution in [-0.2, 0) is 0 Å². The van der Waals surface area contributed by atoms with Crippen LogP contribution >= 0.6 is 12.6 Å². The SMILES string of the molecule is O=C(S)N[C@@H]1CCCC/C=C/C1O. The van der Waals surface area contributed by atoms with Crippen LogP contribution in [-0.4, -0.2) is 22.5 Å². The first-order valence-corrected chi connectivity index (χ1v) is 4.99. The second-order valence-electron chi connectivity index (χ2n) is 3.26. The molecule has 74 valence electrons. The van der Waals surface area contributed by atoms with Crippen molar-refractivity contribution < 1.29 is 9.90 Å². The van der Waals surface area contributed by atoms with Crippen molar-refractivity contribution in [3.05, 3.63) is 12.2 Å². The molecule has 0 saturated carbocycles. The van der Waals surface area contributed by atoms with Gasteiger partial charge in [-0.25, -0.2) is 0 Å². The van der Waals surface area contributed by atoms with Gasteiger partial charge in [0.25, 0.3) is 5.24 Å². The lowest BCUT2D eigenvalue weighted by Gasteiger charge is -2.22. The summed E-state index contributed by atoms with van der Waals surface area (Å²) in [5.41, 5.74) is 0. The monoisotopic (exact) mass is 201 g/mol. The molecule has 1 aliphatic carbocycles. The summed E-state index contributed by atoms with van der Waals surface area (Å²) < 4.78 is 0. The first kappa shape index (κ1) is 10.6. The molecule has 0 aromatic rings. The van der Waals surface area contributed by atoms with E-state index in [1.807, 2.05) is 6.08 Å². The molecule has 0 aromatic carbocycles. The fourth-order valence-corrected chi connectivity index (χ4v) is 1.65. The molecular weight excluding hydrogens is 186 g/mol. The zero-order chi connectivity index (χ0) is 9.68. The van der Waals surface area contributed by atoms with E-state index in [1.165, 1.54) is 0 Å². The molecule has 0 spiro atoms. The highest BCUT2D eigenvalue weighted by molar-refractivity contribution is 7.96. The lowest BCUT2D eigenvalue weighted by molar-refractivity contribution is 0.166. The van der Waals surface area contributed by atoms with Gasteiger partial charge in [0, 0.05) is 0 Å². The minimum atomic E-state index is -0.573. The predicted octanol–water partition coefficient (Wildman–Crippen LogP) is 1.49. The third-order valence-corrected chi connectivity index (χ3v) is 2.32. The van der Waals surface area contributed by atoms with Crippen molar-refractivity contribution >= 4 is 17.9 Å². The van der Waals surface area contributed by atoms with Gasteiger partial charge in [0.15, 0.2) is 0 Å². The molecule has 0 heterocycles. The summed E-state index contributed by atoms with van der Waals surface area (Å²) in [4.78, 5) is 10.7. The summed E-state index contributed by atoms with van der Waals surface area (Å²) in [7, 11) is 0. The number of hydrogen-bond acceptors (Lipinski definition) is 2. The Hall–Kier alpha value is -0.480. The van der Waals surface area contributed by atoms with Crippen LogP contribution in [0.2, 0.25) is 0 Å². The van der Waals surface area contributed by atoms with E-state index in [2.05, 4.69) is 17.9 Å². The Morgan fingerprint density at radius 3 is 3.00 bits per heavy atom.